The van der Waals surface area contributed by atoms with Gasteiger partial charge in [-0.25, -0.2) is 13.6 Å². The Kier molecular flexibility index (Phi) is 3.96. The lowest BCUT2D eigenvalue weighted by atomic mass is 9.69. The number of rotatable bonds is 3. The van der Waals surface area contributed by atoms with Crippen LogP contribution in [0.4, 0.5) is 13.6 Å². The highest BCUT2D eigenvalue weighted by molar-refractivity contribution is 5.69. The van der Waals surface area contributed by atoms with Crippen LogP contribution in [0.3, 0.4) is 0 Å². The lowest BCUT2D eigenvalue weighted by Gasteiger charge is -2.46. The molecular weight excluding hydrogens is 232 g/mol. The molecule has 17 heavy (non-hydrogen) atoms. The van der Waals surface area contributed by atoms with Crippen LogP contribution in [0.15, 0.2) is 0 Å². The summed E-state index contributed by atoms with van der Waals surface area (Å²) in [6, 6.07) is 0. The Bertz CT molecular complexity index is 283. The predicted octanol–water partition coefficient (Wildman–Crippen LogP) is 1.92. The molecule has 0 atom stereocenters. The van der Waals surface area contributed by atoms with Gasteiger partial charge in [0.15, 0.2) is 0 Å². The average molecular weight is 251 g/mol. The molecule has 0 spiro atoms. The number of halogens is 2. The fourth-order valence-electron chi connectivity index (χ4n) is 1.91. The van der Waals surface area contributed by atoms with Gasteiger partial charge in [0.1, 0.15) is 5.60 Å². The van der Waals surface area contributed by atoms with E-state index in [-0.39, 0.29) is 19.4 Å². The van der Waals surface area contributed by atoms with Gasteiger partial charge in [0, 0.05) is 5.92 Å². The molecule has 1 aliphatic rings. The van der Waals surface area contributed by atoms with Crippen LogP contribution in [-0.2, 0) is 4.74 Å². The predicted molar refractivity (Wildman–Crippen MR) is 57.9 cm³/mol. The minimum absolute atomic E-state index is 0.0837. The summed E-state index contributed by atoms with van der Waals surface area (Å²) in [6.07, 6.45) is -2.92. The van der Waals surface area contributed by atoms with Crippen molar-refractivity contribution in [1.29, 1.82) is 0 Å². The van der Waals surface area contributed by atoms with E-state index in [1.54, 1.807) is 20.8 Å². The van der Waals surface area contributed by atoms with Crippen molar-refractivity contribution in [3.63, 3.8) is 0 Å². The second-order valence-corrected chi connectivity index (χ2v) is 5.57. The Hall–Kier alpha value is -0.910. The quantitative estimate of drug-likeness (QED) is 0.805. The second kappa shape index (κ2) is 4.76. The molecule has 0 radical (unpaired) electrons. The first-order chi connectivity index (χ1) is 7.67. The summed E-state index contributed by atoms with van der Waals surface area (Å²) in [5, 5.41) is 11.6. The minimum Gasteiger partial charge on any atom is -0.444 e. The van der Waals surface area contributed by atoms with Gasteiger partial charge in [0.2, 0.25) is 6.43 Å². The van der Waals surface area contributed by atoms with E-state index in [9.17, 15) is 13.6 Å². The molecule has 1 amide bonds. The number of nitrogens with one attached hydrogen (secondary N) is 1. The van der Waals surface area contributed by atoms with Gasteiger partial charge >= 0.3 is 6.09 Å². The first-order valence-electron chi connectivity index (χ1n) is 5.58. The van der Waals surface area contributed by atoms with Crippen LogP contribution in [0.25, 0.3) is 0 Å². The van der Waals surface area contributed by atoms with E-state index < -0.39 is 29.6 Å². The molecule has 0 aromatic heterocycles. The topological polar surface area (TPSA) is 58.6 Å². The van der Waals surface area contributed by atoms with Crippen LogP contribution in [0.5, 0.6) is 0 Å². The van der Waals surface area contributed by atoms with Crippen LogP contribution >= 0.6 is 0 Å². The molecule has 0 heterocycles. The van der Waals surface area contributed by atoms with Gasteiger partial charge in [0.05, 0.1) is 12.1 Å². The zero-order valence-electron chi connectivity index (χ0n) is 10.3. The fourth-order valence-corrected chi connectivity index (χ4v) is 1.91. The molecule has 0 saturated heterocycles. The number of amides is 1. The van der Waals surface area contributed by atoms with E-state index in [0.29, 0.717) is 0 Å². The van der Waals surface area contributed by atoms with Crippen molar-refractivity contribution < 1.29 is 23.4 Å². The molecule has 0 unspecified atom stereocenters. The van der Waals surface area contributed by atoms with Crippen LogP contribution in [0.1, 0.15) is 33.6 Å². The molecular formula is C11H19F2NO3. The Morgan fingerprint density at radius 3 is 2.41 bits per heavy atom. The van der Waals surface area contributed by atoms with Crippen molar-refractivity contribution >= 4 is 6.09 Å². The molecule has 0 aromatic rings. The van der Waals surface area contributed by atoms with Gasteiger partial charge in [-0.3, -0.25) is 0 Å². The van der Waals surface area contributed by atoms with Crippen molar-refractivity contribution in [3.8, 4) is 0 Å². The maximum atomic E-state index is 12.3. The van der Waals surface area contributed by atoms with E-state index in [2.05, 4.69) is 5.32 Å². The Morgan fingerprint density at radius 1 is 1.53 bits per heavy atom. The zero-order chi connectivity index (χ0) is 13.3. The number of alkyl carbamates (subject to hydrolysis) is 1. The number of aliphatic hydroxyl groups is 1. The SMILES string of the molecule is CC(C)(C)OC(=O)NC1(CO)CC(C(F)F)C1. The number of aliphatic hydroxyl groups excluding tert-OH is 1. The van der Waals surface area contributed by atoms with Gasteiger partial charge in [-0.1, -0.05) is 0 Å². The molecule has 0 aromatic carbocycles. The van der Waals surface area contributed by atoms with E-state index in [4.69, 9.17) is 9.84 Å². The van der Waals surface area contributed by atoms with Crippen LogP contribution in [-0.4, -0.2) is 35.4 Å². The molecule has 1 fully saturated rings. The van der Waals surface area contributed by atoms with Gasteiger partial charge in [0.25, 0.3) is 0 Å². The first-order valence-corrected chi connectivity index (χ1v) is 5.58. The molecule has 6 heteroatoms. The second-order valence-electron chi connectivity index (χ2n) is 5.57. The Labute approximate surface area is 99.3 Å². The molecule has 0 bridgehead atoms. The minimum atomic E-state index is -2.41. The highest BCUT2D eigenvalue weighted by Gasteiger charge is 2.49. The van der Waals surface area contributed by atoms with E-state index >= 15 is 0 Å². The molecule has 0 aliphatic heterocycles. The number of ether oxygens (including phenoxy) is 1. The van der Waals surface area contributed by atoms with Gasteiger partial charge in [-0.2, -0.15) is 0 Å². The summed E-state index contributed by atoms with van der Waals surface area (Å²) >= 11 is 0. The van der Waals surface area contributed by atoms with Gasteiger partial charge < -0.3 is 15.2 Å². The normalized spacial score (nSPS) is 28.8. The summed E-state index contributed by atoms with van der Waals surface area (Å²) in [7, 11) is 0. The van der Waals surface area contributed by atoms with E-state index in [0.717, 1.165) is 0 Å². The standard InChI is InChI=1S/C11H19F2NO3/c1-10(2,3)17-9(16)14-11(6-15)4-7(5-11)8(12)13/h7-8,15H,4-6H2,1-3H3,(H,14,16). The van der Waals surface area contributed by atoms with Crippen molar-refractivity contribution in [1.82, 2.24) is 5.32 Å². The lowest BCUT2D eigenvalue weighted by Crippen LogP contribution is -2.61. The van der Waals surface area contributed by atoms with Crippen LogP contribution in [0.2, 0.25) is 0 Å². The maximum Gasteiger partial charge on any atom is 0.408 e. The number of alkyl halides is 2. The van der Waals surface area contributed by atoms with E-state index in [1.165, 1.54) is 0 Å². The lowest BCUT2D eigenvalue weighted by molar-refractivity contribution is -0.0496. The zero-order valence-corrected chi connectivity index (χ0v) is 10.3. The number of carbonyl (C=O) groups is 1. The largest absolute Gasteiger partial charge is 0.444 e. The molecule has 2 N–H and O–H groups in total. The Morgan fingerprint density at radius 2 is 2.06 bits per heavy atom. The number of carbonyl (C=O) groups excluding carboxylic acids is 1. The van der Waals surface area contributed by atoms with Crippen molar-refractivity contribution in [3.05, 3.63) is 0 Å². The molecule has 100 valence electrons. The van der Waals surface area contributed by atoms with E-state index in [1.807, 2.05) is 0 Å². The highest BCUT2D eigenvalue weighted by atomic mass is 19.3. The van der Waals surface area contributed by atoms with Crippen molar-refractivity contribution in [2.24, 2.45) is 5.92 Å². The maximum absolute atomic E-state index is 12.3. The summed E-state index contributed by atoms with van der Waals surface area (Å²) in [5.41, 5.74) is -1.59. The summed E-state index contributed by atoms with van der Waals surface area (Å²) in [6.45, 7) is 4.78. The molecule has 1 rings (SSSR count). The average Bonchev–Trinajstić information content (AvgIpc) is 2.06. The monoisotopic (exact) mass is 251 g/mol. The fraction of sp³-hybridized carbons (Fsp3) is 0.909. The highest BCUT2D eigenvalue weighted by Crippen LogP contribution is 2.41. The smallest absolute Gasteiger partial charge is 0.408 e. The van der Waals surface area contributed by atoms with Crippen molar-refractivity contribution in [2.75, 3.05) is 6.61 Å². The summed E-state index contributed by atoms with van der Waals surface area (Å²) in [5.74, 6) is -0.753. The van der Waals surface area contributed by atoms with Crippen molar-refractivity contribution in [2.45, 2.75) is 51.2 Å². The summed E-state index contributed by atoms with van der Waals surface area (Å²) in [4.78, 5) is 11.5. The van der Waals surface area contributed by atoms with Crippen LogP contribution < -0.4 is 5.32 Å². The third-order valence-electron chi connectivity index (χ3n) is 2.73. The molecule has 1 aliphatic carbocycles. The van der Waals surface area contributed by atoms with Gasteiger partial charge in [-0.15, -0.1) is 0 Å². The third kappa shape index (κ3) is 3.80. The summed E-state index contributed by atoms with van der Waals surface area (Å²) < 4.78 is 29.7. The Balaban J connectivity index is 2.47. The molecule has 1 saturated carbocycles. The number of hydrogen-bond acceptors (Lipinski definition) is 3. The number of hydrogen-bond donors (Lipinski definition) is 2. The third-order valence-corrected chi connectivity index (χ3v) is 2.73. The molecule has 4 nitrogen and oxygen atoms in total. The van der Waals surface area contributed by atoms with Crippen LogP contribution in [0, 0.1) is 5.92 Å². The van der Waals surface area contributed by atoms with Gasteiger partial charge in [-0.05, 0) is 33.6 Å². The first kappa shape index (κ1) is 14.2.